The minimum Gasteiger partial charge on any atom is -0.350 e. The topological polar surface area (TPSA) is 92.6 Å². The zero-order valence-corrected chi connectivity index (χ0v) is 12.1. The summed E-state index contributed by atoms with van der Waals surface area (Å²) >= 11 is 1.86. The van der Waals surface area contributed by atoms with Crippen LogP contribution in [0.5, 0.6) is 0 Å². The summed E-state index contributed by atoms with van der Waals surface area (Å²) in [7, 11) is 0. The van der Waals surface area contributed by atoms with Crippen LogP contribution in [-0.4, -0.2) is 29.3 Å². The van der Waals surface area contributed by atoms with Gasteiger partial charge >= 0.3 is 0 Å². The maximum Gasteiger partial charge on any atom is 0.282 e. The lowest BCUT2D eigenvalue weighted by molar-refractivity contribution is -0.385. The first-order valence-corrected chi connectivity index (χ1v) is 6.52. The standard InChI is InChI=1S/C11H10IN3O4/c1-6-11(17)13-10(16)5-14(6)7-2-3-9(15(18)19)8(12)4-7/h2-4,6H,5H2,1H3,(H,13,16,17). The Labute approximate surface area is 122 Å². The van der Waals surface area contributed by atoms with Gasteiger partial charge in [-0.3, -0.25) is 25.0 Å². The molecule has 0 spiro atoms. The third-order valence-electron chi connectivity index (χ3n) is 2.88. The molecule has 1 fully saturated rings. The number of carbonyl (C=O) groups is 2. The number of hydrogen-bond donors (Lipinski definition) is 1. The van der Waals surface area contributed by atoms with E-state index >= 15 is 0 Å². The molecule has 100 valence electrons. The van der Waals surface area contributed by atoms with Gasteiger partial charge in [0.25, 0.3) is 5.69 Å². The van der Waals surface area contributed by atoms with E-state index in [0.717, 1.165) is 0 Å². The zero-order chi connectivity index (χ0) is 14.2. The summed E-state index contributed by atoms with van der Waals surface area (Å²) in [5.74, 6) is -0.749. The summed E-state index contributed by atoms with van der Waals surface area (Å²) in [6, 6.07) is 4.03. The molecule has 19 heavy (non-hydrogen) atoms. The van der Waals surface area contributed by atoms with Crippen LogP contribution in [0.15, 0.2) is 18.2 Å². The molecule has 0 aromatic heterocycles. The van der Waals surface area contributed by atoms with Gasteiger partial charge in [0.05, 0.1) is 15.0 Å². The second-order valence-electron chi connectivity index (χ2n) is 4.11. The van der Waals surface area contributed by atoms with Crippen molar-refractivity contribution in [1.82, 2.24) is 5.32 Å². The number of amides is 2. The molecule has 2 amide bonds. The van der Waals surface area contributed by atoms with Gasteiger partial charge in [0.1, 0.15) is 6.04 Å². The number of benzene rings is 1. The summed E-state index contributed by atoms with van der Waals surface area (Å²) < 4.78 is 0.464. The summed E-state index contributed by atoms with van der Waals surface area (Å²) in [6.07, 6.45) is 0. The van der Waals surface area contributed by atoms with Crippen LogP contribution >= 0.6 is 22.6 Å². The second kappa shape index (κ2) is 5.11. The number of imide groups is 1. The van der Waals surface area contributed by atoms with Gasteiger partial charge in [-0.1, -0.05) is 0 Å². The fourth-order valence-electron chi connectivity index (χ4n) is 1.85. The highest BCUT2D eigenvalue weighted by Crippen LogP contribution is 2.27. The molecule has 1 aromatic rings. The van der Waals surface area contributed by atoms with E-state index in [0.29, 0.717) is 9.26 Å². The monoisotopic (exact) mass is 375 g/mol. The SMILES string of the molecule is CC1C(=O)NC(=O)CN1c1ccc([N+](=O)[O-])c(I)c1. The molecule has 1 atom stereocenters. The van der Waals surface area contributed by atoms with Gasteiger partial charge in [0.2, 0.25) is 11.8 Å². The van der Waals surface area contributed by atoms with E-state index in [1.165, 1.54) is 6.07 Å². The number of anilines is 1. The maximum atomic E-state index is 11.6. The largest absolute Gasteiger partial charge is 0.350 e. The van der Waals surface area contributed by atoms with Crippen molar-refractivity contribution in [2.24, 2.45) is 0 Å². The van der Waals surface area contributed by atoms with Gasteiger partial charge in [0.15, 0.2) is 0 Å². The Kier molecular flexibility index (Phi) is 3.69. The molecule has 1 unspecified atom stereocenters. The highest BCUT2D eigenvalue weighted by Gasteiger charge is 2.30. The third-order valence-corrected chi connectivity index (χ3v) is 3.75. The number of nitrogens with zero attached hydrogens (tertiary/aromatic N) is 2. The van der Waals surface area contributed by atoms with Gasteiger partial charge in [0, 0.05) is 11.8 Å². The molecular formula is C11H10IN3O4. The minimum absolute atomic E-state index is 0.00444. The quantitative estimate of drug-likeness (QED) is 0.361. The summed E-state index contributed by atoms with van der Waals surface area (Å²) in [5.41, 5.74) is 0.621. The highest BCUT2D eigenvalue weighted by molar-refractivity contribution is 14.1. The maximum absolute atomic E-state index is 11.6. The van der Waals surface area contributed by atoms with Gasteiger partial charge < -0.3 is 4.90 Å². The van der Waals surface area contributed by atoms with E-state index in [2.05, 4.69) is 5.32 Å². The van der Waals surface area contributed by atoms with Crippen molar-refractivity contribution in [2.75, 3.05) is 11.4 Å². The number of nitro groups is 1. The van der Waals surface area contributed by atoms with Crippen molar-refractivity contribution < 1.29 is 14.5 Å². The van der Waals surface area contributed by atoms with Crippen LogP contribution in [0, 0.1) is 13.7 Å². The summed E-state index contributed by atoms with van der Waals surface area (Å²) in [5, 5.41) is 13.0. The van der Waals surface area contributed by atoms with E-state index in [1.54, 1.807) is 24.0 Å². The molecular weight excluding hydrogens is 365 g/mol. The molecule has 0 saturated carbocycles. The molecule has 8 heteroatoms. The first-order chi connectivity index (χ1) is 8.90. The van der Waals surface area contributed by atoms with E-state index in [-0.39, 0.29) is 24.0 Å². The van der Waals surface area contributed by atoms with Crippen LogP contribution in [0.3, 0.4) is 0 Å². The first kappa shape index (κ1) is 13.7. The van der Waals surface area contributed by atoms with Crippen molar-refractivity contribution in [3.8, 4) is 0 Å². The molecule has 0 aliphatic carbocycles. The lowest BCUT2D eigenvalue weighted by atomic mass is 10.1. The molecule has 1 aromatic carbocycles. The lowest BCUT2D eigenvalue weighted by Crippen LogP contribution is -2.57. The third kappa shape index (κ3) is 2.67. The lowest BCUT2D eigenvalue weighted by Gasteiger charge is -2.33. The number of nitro benzene ring substituents is 1. The van der Waals surface area contributed by atoms with Crippen LogP contribution < -0.4 is 10.2 Å². The Morgan fingerprint density at radius 3 is 2.74 bits per heavy atom. The molecule has 2 rings (SSSR count). The number of carbonyl (C=O) groups excluding carboxylic acids is 2. The fourth-order valence-corrected chi connectivity index (χ4v) is 2.55. The normalized spacial score (nSPS) is 19.3. The highest BCUT2D eigenvalue weighted by atomic mass is 127. The Bertz CT molecular complexity index is 575. The van der Waals surface area contributed by atoms with Crippen LogP contribution in [0.25, 0.3) is 0 Å². The van der Waals surface area contributed by atoms with Crippen molar-refractivity contribution in [2.45, 2.75) is 13.0 Å². The summed E-state index contributed by atoms with van der Waals surface area (Å²) in [6.45, 7) is 1.73. The Balaban J connectivity index is 2.36. The Hall–Kier alpha value is -1.71. The number of hydrogen-bond acceptors (Lipinski definition) is 5. The van der Waals surface area contributed by atoms with E-state index < -0.39 is 11.0 Å². The summed E-state index contributed by atoms with van der Waals surface area (Å²) in [4.78, 5) is 34.8. The Morgan fingerprint density at radius 1 is 1.47 bits per heavy atom. The van der Waals surface area contributed by atoms with Crippen LogP contribution in [0.4, 0.5) is 11.4 Å². The molecule has 1 N–H and O–H groups in total. The van der Waals surface area contributed by atoms with Crippen molar-refractivity contribution in [1.29, 1.82) is 0 Å². The van der Waals surface area contributed by atoms with E-state index in [1.807, 2.05) is 22.6 Å². The molecule has 0 radical (unpaired) electrons. The predicted octanol–water partition coefficient (Wildman–Crippen LogP) is 1.05. The van der Waals surface area contributed by atoms with Crippen LogP contribution in [0.2, 0.25) is 0 Å². The first-order valence-electron chi connectivity index (χ1n) is 5.44. The number of piperazine rings is 1. The molecule has 1 saturated heterocycles. The van der Waals surface area contributed by atoms with Gasteiger partial charge in [-0.05, 0) is 41.6 Å². The number of nitrogens with one attached hydrogen (secondary N) is 1. The zero-order valence-electron chi connectivity index (χ0n) is 9.92. The van der Waals surface area contributed by atoms with Crippen LogP contribution in [0.1, 0.15) is 6.92 Å². The molecule has 1 aliphatic heterocycles. The molecule has 1 heterocycles. The Morgan fingerprint density at radius 2 is 2.16 bits per heavy atom. The number of halogens is 1. The van der Waals surface area contributed by atoms with E-state index in [9.17, 15) is 19.7 Å². The van der Waals surface area contributed by atoms with Crippen molar-refractivity contribution >= 4 is 45.8 Å². The molecule has 7 nitrogen and oxygen atoms in total. The van der Waals surface area contributed by atoms with E-state index in [4.69, 9.17) is 0 Å². The van der Waals surface area contributed by atoms with Gasteiger partial charge in [-0.2, -0.15) is 0 Å². The molecule has 0 bridgehead atoms. The van der Waals surface area contributed by atoms with Crippen molar-refractivity contribution in [3.05, 3.63) is 31.9 Å². The average molecular weight is 375 g/mol. The average Bonchev–Trinajstić information content (AvgIpc) is 2.33. The number of rotatable bonds is 2. The van der Waals surface area contributed by atoms with Gasteiger partial charge in [-0.15, -0.1) is 0 Å². The van der Waals surface area contributed by atoms with Crippen molar-refractivity contribution in [3.63, 3.8) is 0 Å². The smallest absolute Gasteiger partial charge is 0.282 e. The van der Waals surface area contributed by atoms with Crippen LogP contribution in [-0.2, 0) is 9.59 Å². The second-order valence-corrected chi connectivity index (χ2v) is 5.27. The predicted molar refractivity (Wildman–Crippen MR) is 75.8 cm³/mol. The molecule has 1 aliphatic rings. The fraction of sp³-hybridized carbons (Fsp3) is 0.273. The minimum atomic E-state index is -0.491. The van der Waals surface area contributed by atoms with Gasteiger partial charge in [-0.25, -0.2) is 0 Å².